The van der Waals surface area contributed by atoms with E-state index in [2.05, 4.69) is 24.0 Å². The van der Waals surface area contributed by atoms with Crippen LogP contribution in [0, 0.1) is 0 Å². The highest BCUT2D eigenvalue weighted by atomic mass is 35.5. The van der Waals surface area contributed by atoms with Gasteiger partial charge in [0, 0.05) is 17.2 Å². The van der Waals surface area contributed by atoms with Gasteiger partial charge >= 0.3 is 0 Å². The molecule has 0 saturated carbocycles. The van der Waals surface area contributed by atoms with Crippen LogP contribution < -0.4 is 0 Å². The summed E-state index contributed by atoms with van der Waals surface area (Å²) >= 11 is 7.67. The smallest absolute Gasteiger partial charge is 0.0985 e. The van der Waals surface area contributed by atoms with Gasteiger partial charge in [-0.2, -0.15) is 0 Å². The Kier molecular flexibility index (Phi) is 2.84. The molecule has 0 N–H and O–H groups in total. The standard InChI is InChI=1S/C11H12ClNS/c1-11(7-12)8-14-10(13-11)9-5-3-2-4-6-9/h2-6H,7-8H2,1H3/t11-/m0/s1. The maximum Gasteiger partial charge on any atom is 0.0985 e. The summed E-state index contributed by atoms with van der Waals surface area (Å²) in [7, 11) is 0. The van der Waals surface area contributed by atoms with Gasteiger partial charge in [-0.15, -0.1) is 23.4 Å². The lowest BCUT2D eigenvalue weighted by Crippen LogP contribution is -2.23. The van der Waals surface area contributed by atoms with Crippen LogP contribution in [0.25, 0.3) is 0 Å². The molecule has 0 aliphatic carbocycles. The highest BCUT2D eigenvalue weighted by Crippen LogP contribution is 2.31. The number of halogens is 1. The van der Waals surface area contributed by atoms with Crippen LogP contribution in [0.5, 0.6) is 0 Å². The number of aliphatic imine (C=N–C) groups is 1. The first-order valence-corrected chi connectivity index (χ1v) is 6.10. The molecule has 0 aromatic heterocycles. The van der Waals surface area contributed by atoms with Crippen LogP contribution in [0.4, 0.5) is 0 Å². The van der Waals surface area contributed by atoms with Gasteiger partial charge in [-0.25, -0.2) is 0 Å². The van der Waals surface area contributed by atoms with Gasteiger partial charge < -0.3 is 0 Å². The molecular formula is C11H12ClNS. The minimum atomic E-state index is -0.0720. The second kappa shape index (κ2) is 3.95. The summed E-state index contributed by atoms with van der Waals surface area (Å²) in [6.45, 7) is 2.10. The molecule has 1 aliphatic heterocycles. The van der Waals surface area contributed by atoms with Crippen molar-refractivity contribution in [1.82, 2.24) is 0 Å². The Balaban J connectivity index is 2.27. The third-order valence-corrected chi connectivity index (χ3v) is 4.14. The average Bonchev–Trinajstić information content (AvgIpc) is 2.63. The molecule has 0 bridgehead atoms. The van der Waals surface area contributed by atoms with Gasteiger partial charge in [-0.1, -0.05) is 30.3 Å². The summed E-state index contributed by atoms with van der Waals surface area (Å²) in [6, 6.07) is 10.3. The van der Waals surface area contributed by atoms with Crippen molar-refractivity contribution < 1.29 is 0 Å². The highest BCUT2D eigenvalue weighted by molar-refractivity contribution is 8.14. The first kappa shape index (κ1) is 10.1. The minimum absolute atomic E-state index is 0.0720. The van der Waals surface area contributed by atoms with E-state index in [9.17, 15) is 0 Å². The fourth-order valence-corrected chi connectivity index (χ4v) is 2.80. The van der Waals surface area contributed by atoms with Crippen molar-refractivity contribution in [1.29, 1.82) is 0 Å². The van der Waals surface area contributed by atoms with Crippen molar-refractivity contribution >= 4 is 28.4 Å². The summed E-state index contributed by atoms with van der Waals surface area (Å²) in [5.74, 6) is 1.58. The van der Waals surface area contributed by atoms with Crippen LogP contribution in [0.2, 0.25) is 0 Å². The number of thioether (sulfide) groups is 1. The van der Waals surface area contributed by atoms with Crippen LogP contribution in [0.15, 0.2) is 35.3 Å². The van der Waals surface area contributed by atoms with Crippen molar-refractivity contribution in [3.8, 4) is 0 Å². The molecule has 3 heteroatoms. The number of nitrogens with zero attached hydrogens (tertiary/aromatic N) is 1. The molecule has 0 fully saturated rings. The number of rotatable bonds is 2. The second-order valence-electron chi connectivity index (χ2n) is 3.70. The average molecular weight is 226 g/mol. The molecule has 0 unspecified atom stereocenters. The van der Waals surface area contributed by atoms with E-state index in [1.807, 2.05) is 18.2 Å². The molecule has 1 atom stereocenters. The fourth-order valence-electron chi connectivity index (χ4n) is 1.33. The summed E-state index contributed by atoms with van der Waals surface area (Å²) in [5, 5.41) is 1.12. The Morgan fingerprint density at radius 3 is 2.71 bits per heavy atom. The Morgan fingerprint density at radius 1 is 1.43 bits per heavy atom. The predicted octanol–water partition coefficient (Wildman–Crippen LogP) is 3.18. The molecule has 1 aromatic carbocycles. The third-order valence-electron chi connectivity index (χ3n) is 2.20. The number of hydrogen-bond acceptors (Lipinski definition) is 2. The zero-order valence-electron chi connectivity index (χ0n) is 8.03. The van der Waals surface area contributed by atoms with Gasteiger partial charge in [-0.05, 0) is 6.92 Å². The number of hydrogen-bond donors (Lipinski definition) is 0. The fraction of sp³-hybridized carbons (Fsp3) is 0.364. The van der Waals surface area contributed by atoms with Crippen molar-refractivity contribution in [2.45, 2.75) is 12.5 Å². The molecule has 2 rings (SSSR count). The lowest BCUT2D eigenvalue weighted by atomic mass is 10.1. The van der Waals surface area contributed by atoms with E-state index in [4.69, 9.17) is 11.6 Å². The molecule has 1 heterocycles. The topological polar surface area (TPSA) is 12.4 Å². The molecule has 14 heavy (non-hydrogen) atoms. The van der Waals surface area contributed by atoms with Crippen molar-refractivity contribution in [3.63, 3.8) is 0 Å². The molecule has 1 aromatic rings. The molecule has 74 valence electrons. The number of benzene rings is 1. The van der Waals surface area contributed by atoms with Crippen LogP contribution in [0.1, 0.15) is 12.5 Å². The largest absolute Gasteiger partial charge is 0.269 e. The van der Waals surface area contributed by atoms with Gasteiger partial charge in [0.1, 0.15) is 0 Å². The lowest BCUT2D eigenvalue weighted by molar-refractivity contribution is 0.612. The van der Waals surface area contributed by atoms with Crippen LogP contribution in [-0.2, 0) is 0 Å². The van der Waals surface area contributed by atoms with Crippen molar-refractivity contribution in [3.05, 3.63) is 35.9 Å². The summed E-state index contributed by atoms with van der Waals surface area (Å²) in [4.78, 5) is 4.66. The van der Waals surface area contributed by atoms with Gasteiger partial charge in [0.2, 0.25) is 0 Å². The maximum atomic E-state index is 5.88. The maximum absolute atomic E-state index is 5.88. The van der Waals surface area contributed by atoms with Crippen LogP contribution in [-0.4, -0.2) is 22.2 Å². The third kappa shape index (κ3) is 1.96. The molecule has 0 amide bonds. The van der Waals surface area contributed by atoms with Crippen molar-refractivity contribution in [2.24, 2.45) is 4.99 Å². The molecule has 0 saturated heterocycles. The van der Waals surface area contributed by atoms with E-state index in [-0.39, 0.29) is 5.54 Å². The van der Waals surface area contributed by atoms with Gasteiger partial charge in [0.15, 0.2) is 0 Å². The van der Waals surface area contributed by atoms with E-state index < -0.39 is 0 Å². The Morgan fingerprint density at radius 2 is 2.14 bits per heavy atom. The van der Waals surface area contributed by atoms with E-state index in [0.29, 0.717) is 5.88 Å². The predicted molar refractivity (Wildman–Crippen MR) is 64.6 cm³/mol. The summed E-state index contributed by atoms with van der Waals surface area (Å²) in [6.07, 6.45) is 0. The Hall–Kier alpha value is -0.470. The SMILES string of the molecule is C[C@]1(CCl)CSC(c2ccccc2)=N1. The normalized spacial score (nSPS) is 26.3. The van der Waals surface area contributed by atoms with E-state index in [1.165, 1.54) is 5.56 Å². The number of alkyl halides is 1. The monoisotopic (exact) mass is 225 g/mol. The lowest BCUT2D eigenvalue weighted by Gasteiger charge is -2.13. The quantitative estimate of drug-likeness (QED) is 0.705. The Labute approximate surface area is 93.6 Å². The molecule has 0 radical (unpaired) electrons. The first-order valence-electron chi connectivity index (χ1n) is 4.58. The van der Waals surface area contributed by atoms with E-state index >= 15 is 0 Å². The molecule has 0 spiro atoms. The molecule has 1 nitrogen and oxygen atoms in total. The summed E-state index contributed by atoms with van der Waals surface area (Å²) in [5.41, 5.74) is 1.13. The van der Waals surface area contributed by atoms with Crippen LogP contribution in [0.3, 0.4) is 0 Å². The van der Waals surface area contributed by atoms with Gasteiger partial charge in [0.25, 0.3) is 0 Å². The molecule has 1 aliphatic rings. The zero-order valence-corrected chi connectivity index (χ0v) is 9.61. The van der Waals surface area contributed by atoms with E-state index in [1.54, 1.807) is 11.8 Å². The van der Waals surface area contributed by atoms with Crippen LogP contribution >= 0.6 is 23.4 Å². The highest BCUT2D eigenvalue weighted by Gasteiger charge is 2.29. The summed E-state index contributed by atoms with van der Waals surface area (Å²) < 4.78 is 0. The minimum Gasteiger partial charge on any atom is -0.269 e. The second-order valence-corrected chi connectivity index (χ2v) is 4.93. The zero-order chi connectivity index (χ0) is 10.0. The van der Waals surface area contributed by atoms with Gasteiger partial charge in [-0.3, -0.25) is 4.99 Å². The Bertz CT molecular complexity index is 350. The van der Waals surface area contributed by atoms with Crippen molar-refractivity contribution in [2.75, 3.05) is 11.6 Å². The van der Waals surface area contributed by atoms with Gasteiger partial charge in [0.05, 0.1) is 10.6 Å². The van der Waals surface area contributed by atoms with E-state index in [0.717, 1.165) is 10.8 Å². The first-order chi connectivity index (χ1) is 6.73. The molecular weight excluding hydrogens is 214 g/mol.